The molecule has 23 nitrogen and oxygen atoms in total. The monoisotopic (exact) mass is 1960 g/mol. The number of hydrogen-bond donors (Lipinski definition) is 3. The molecule has 5 aromatic heterocycles. The topological polar surface area (TPSA) is 286 Å². The van der Waals surface area contributed by atoms with Gasteiger partial charge in [-0.1, -0.05) is 121 Å². The van der Waals surface area contributed by atoms with Crippen LogP contribution in [0.3, 0.4) is 0 Å². The van der Waals surface area contributed by atoms with Gasteiger partial charge in [-0.3, -0.25) is 58.1 Å². The van der Waals surface area contributed by atoms with Gasteiger partial charge in [0.1, 0.15) is 57.6 Å². The summed E-state index contributed by atoms with van der Waals surface area (Å²) >= 11 is 0. The van der Waals surface area contributed by atoms with Gasteiger partial charge in [0.15, 0.2) is 28.9 Å². The molecule has 746 valence electrons. The van der Waals surface area contributed by atoms with E-state index < -0.39 is 18.1 Å². The predicted octanol–water partition coefficient (Wildman–Crippen LogP) is 20.4. The molecule has 7 atom stereocenters. The van der Waals surface area contributed by atoms with E-state index in [2.05, 4.69) is 120 Å². The summed E-state index contributed by atoms with van der Waals surface area (Å²) in [5.74, 6) is -2.46. The van der Waals surface area contributed by atoms with Crippen molar-refractivity contribution >= 4 is 95.2 Å². The lowest BCUT2D eigenvalue weighted by Crippen LogP contribution is -2.44. The smallest absolute Gasteiger partial charge is 0.234 e. The first-order chi connectivity index (χ1) is 69.6. The number of hydrogen-bond acceptors (Lipinski definition) is 21. The molecule has 145 heavy (non-hydrogen) atoms. The quantitative estimate of drug-likeness (QED) is 0.0420. The Bertz CT molecular complexity index is 7320. The van der Waals surface area contributed by atoms with Crippen molar-refractivity contribution in [3.8, 4) is 55.6 Å². The van der Waals surface area contributed by atoms with Crippen molar-refractivity contribution in [3.05, 3.63) is 328 Å². The lowest BCUT2D eigenvalue weighted by atomic mass is 9.98. The number of β-amino-alcohol motifs (C(OH)–C–C–N with tert-alkyl or cyclic N) is 1. The molecule has 5 saturated heterocycles. The molecule has 15 aromatic rings. The van der Waals surface area contributed by atoms with Gasteiger partial charge >= 0.3 is 0 Å². The molecular formula is C117H117F5N12O11. The molecule has 5 aliphatic rings. The zero-order valence-electron chi connectivity index (χ0n) is 82.8. The number of Topliss-reactive ketones (excluding diaryl/α,β-unsaturated/α-hetero) is 5. The number of nitrogens with two attached hydrogens (primary N) is 1. The standard InChI is InChI=1S/C24H24FN3O2.C24H25FN2O2.C23H22FN3O3.2C23H23FN2O2/c1-15(29)23-12-22(18-4-6-19(25)7-5-18)21-8-3-17(11-24(21)27-23)13-28-10-9-20(14-28)26-16(2)30;1-15-12-27(13-16(2)29-15)14-18-4-9-21-22(19-5-7-20(25)8-6-19)11-23(17(3)28)26-24(21)10-18;1-13(28)20-10-19(15-3-5-16(24)6-4-15)18-7-2-14(8-21(18)26-20)11-27-12-17(29)9-22(27)23(25)30;1-15-14-28-10-9-26(15)13-17-3-8-20-21(18-4-6-19(24)7-5-18)12-22(16(2)27)25-23(20)11-17;1-15-13-26(9-10-28-15)14-17-3-8-20-21(18-4-6-19(24)7-5-18)12-22(16(2)27)25-23(20)11-17/h3-8,11-12,20H,9-10,13-14H2,1-2H3,(H,26,30);4-11,15-16H,12-14H2,1-3H3;2-8,10,17,22,29H,9,11-12H2,1H3,(H2,25,30);2*3-8,11-12,15H,9-10,13-14H2,1-2H3/t;;;2*15-/m...00/s1. The molecule has 28 heteroatoms. The van der Waals surface area contributed by atoms with Crippen LogP contribution in [0.15, 0.2) is 243 Å². The minimum atomic E-state index is -0.588. The van der Waals surface area contributed by atoms with E-state index in [-0.39, 0.29) is 88.3 Å². The Balaban J connectivity index is 0.000000130. The predicted molar refractivity (Wildman–Crippen MR) is 554 cm³/mol. The third-order valence-corrected chi connectivity index (χ3v) is 26.7. The number of aromatic nitrogens is 5. The van der Waals surface area contributed by atoms with Gasteiger partial charge in [0.2, 0.25) is 11.8 Å². The van der Waals surface area contributed by atoms with Gasteiger partial charge in [-0.25, -0.2) is 46.9 Å². The van der Waals surface area contributed by atoms with E-state index in [4.69, 9.17) is 19.9 Å². The minimum Gasteiger partial charge on any atom is -0.392 e. The van der Waals surface area contributed by atoms with Crippen molar-refractivity contribution in [1.82, 2.24) is 54.7 Å². The van der Waals surface area contributed by atoms with Crippen LogP contribution in [0.1, 0.15) is 162 Å². The highest BCUT2D eigenvalue weighted by Crippen LogP contribution is 2.38. The first kappa shape index (κ1) is 104. The van der Waals surface area contributed by atoms with Crippen LogP contribution in [-0.2, 0) is 56.5 Å². The molecule has 10 aromatic carbocycles. The molecule has 0 bridgehead atoms. The molecular weight excluding hydrogens is 1840 g/mol. The SMILES string of the molecule is CC(=O)NC1CCN(Cc2ccc3c(-c4ccc(F)cc4)cc(C(C)=O)nc3c2)C1.CC(=O)c1cc(-c2ccc(F)cc2)c2ccc(CN3CC(C)OC(C)C3)cc2n1.CC(=O)c1cc(-c2ccc(F)cc2)c2ccc(CN3CC(O)CC3C(N)=O)cc2n1.CC(=O)c1cc(-c2ccc(F)cc2)c2ccc(CN3CCOC[C@@H]3C)cc2n1.CC(=O)c1cc(-c2ccc(F)cc2)c2ccc(CN3CCO[C@@H](C)C3)cc2n1. The number of ether oxygens (including phenoxy) is 3. The first-order valence-electron chi connectivity index (χ1n) is 48.9. The van der Waals surface area contributed by atoms with Crippen molar-refractivity contribution in [3.63, 3.8) is 0 Å². The van der Waals surface area contributed by atoms with Crippen LogP contribution < -0.4 is 11.1 Å². The van der Waals surface area contributed by atoms with Gasteiger partial charge in [-0.2, -0.15) is 0 Å². The lowest BCUT2D eigenvalue weighted by molar-refractivity contribution is -0.122. The fourth-order valence-corrected chi connectivity index (χ4v) is 19.5. The number of nitrogens with zero attached hydrogens (tertiary/aromatic N) is 10. The van der Waals surface area contributed by atoms with Crippen molar-refractivity contribution in [2.24, 2.45) is 5.73 Å². The fraction of sp³-hybridized carbons (Fsp3) is 0.299. The molecule has 5 aliphatic heterocycles. The third-order valence-electron chi connectivity index (χ3n) is 26.7. The summed E-state index contributed by atoms with van der Waals surface area (Å²) in [6.07, 6.45) is 1.34. The van der Waals surface area contributed by atoms with Crippen molar-refractivity contribution < 1.29 is 74.8 Å². The van der Waals surface area contributed by atoms with E-state index in [1.807, 2.05) is 53.4 Å². The number of pyridine rings is 5. The number of carbonyl (C=O) groups is 7. The first-order valence-corrected chi connectivity index (χ1v) is 48.9. The highest BCUT2D eigenvalue weighted by molar-refractivity contribution is 6.06. The molecule has 5 unspecified atom stereocenters. The van der Waals surface area contributed by atoms with E-state index in [1.165, 1.54) is 95.3 Å². The number of carbonyl (C=O) groups excluding carboxylic acids is 7. The second kappa shape index (κ2) is 46.7. The highest BCUT2D eigenvalue weighted by atomic mass is 19.1. The van der Waals surface area contributed by atoms with Gasteiger partial charge in [0, 0.05) is 166 Å². The Labute approximate surface area is 839 Å². The van der Waals surface area contributed by atoms with Crippen LogP contribution in [-0.4, -0.2) is 210 Å². The van der Waals surface area contributed by atoms with Crippen LogP contribution in [0.25, 0.3) is 110 Å². The molecule has 0 saturated carbocycles. The van der Waals surface area contributed by atoms with Crippen LogP contribution in [0.4, 0.5) is 22.0 Å². The van der Waals surface area contributed by atoms with Gasteiger partial charge in [0.05, 0.1) is 77.9 Å². The zero-order chi connectivity index (χ0) is 103. The van der Waals surface area contributed by atoms with Crippen LogP contribution in [0.5, 0.6) is 0 Å². The van der Waals surface area contributed by atoms with E-state index >= 15 is 0 Å². The maximum Gasteiger partial charge on any atom is 0.234 e. The summed E-state index contributed by atoms with van der Waals surface area (Å²) in [6, 6.07) is 70.7. The number of aliphatic hydroxyl groups excluding tert-OH is 1. The van der Waals surface area contributed by atoms with E-state index in [1.54, 1.807) is 97.9 Å². The van der Waals surface area contributed by atoms with Gasteiger partial charge in [-0.15, -0.1) is 0 Å². The summed E-state index contributed by atoms with van der Waals surface area (Å²) in [7, 11) is 0. The Hall–Kier alpha value is -14.2. The molecule has 5 fully saturated rings. The van der Waals surface area contributed by atoms with E-state index in [0.717, 1.165) is 231 Å². The Kier molecular flexibility index (Phi) is 33.4. The normalized spacial score (nSPS) is 18.3. The Morgan fingerprint density at radius 2 is 0.662 bits per heavy atom. The molecule has 0 aliphatic carbocycles. The number of ketones is 5. The summed E-state index contributed by atoms with van der Waals surface area (Å²) < 4.78 is 83.8. The second-order valence-electron chi connectivity index (χ2n) is 38.3. The maximum atomic E-state index is 13.4. The maximum absolute atomic E-state index is 13.4. The number of likely N-dealkylation sites (tertiary alicyclic amines) is 2. The summed E-state index contributed by atoms with van der Waals surface area (Å²) in [6.45, 7) is 30.0. The van der Waals surface area contributed by atoms with Gasteiger partial charge < -0.3 is 30.4 Å². The fourth-order valence-electron chi connectivity index (χ4n) is 19.5. The molecule has 4 N–H and O–H groups in total. The molecule has 0 radical (unpaired) electrons. The Morgan fingerprint density at radius 3 is 0.966 bits per heavy atom. The largest absolute Gasteiger partial charge is 0.392 e. The number of nitrogens with one attached hydrogen (secondary N) is 1. The molecule has 10 heterocycles. The average Bonchev–Trinajstić information content (AvgIpc) is 1.71. The number of morpholine rings is 3. The number of halogens is 5. The van der Waals surface area contributed by atoms with Gasteiger partial charge in [0.25, 0.3) is 0 Å². The van der Waals surface area contributed by atoms with E-state index in [9.17, 15) is 60.6 Å². The highest BCUT2D eigenvalue weighted by Gasteiger charge is 2.35. The minimum absolute atomic E-state index is 0.00170. The third kappa shape index (κ3) is 26.5. The van der Waals surface area contributed by atoms with Crippen molar-refractivity contribution in [2.75, 3.05) is 72.2 Å². The molecule has 2 amide bonds. The molecule has 0 spiro atoms. The van der Waals surface area contributed by atoms with E-state index in [0.29, 0.717) is 59.5 Å². The number of aliphatic hydroxyl groups is 1. The number of amides is 2. The van der Waals surface area contributed by atoms with Crippen molar-refractivity contribution in [1.29, 1.82) is 0 Å². The lowest BCUT2D eigenvalue weighted by Gasteiger charge is -2.35. The number of rotatable bonds is 22. The van der Waals surface area contributed by atoms with Crippen LogP contribution in [0, 0.1) is 29.1 Å². The second-order valence-corrected chi connectivity index (χ2v) is 38.3. The van der Waals surface area contributed by atoms with Gasteiger partial charge in [-0.05, 0) is 245 Å². The number of primary amides is 1. The summed E-state index contributed by atoms with van der Waals surface area (Å²) in [4.78, 5) is 117. The Morgan fingerprint density at radius 1 is 0.359 bits per heavy atom. The van der Waals surface area contributed by atoms with Crippen LogP contribution >= 0.6 is 0 Å². The number of fused-ring (bicyclic) bond motifs is 5. The average molecular weight is 1960 g/mol. The number of benzene rings is 10. The van der Waals surface area contributed by atoms with Crippen LogP contribution in [0.2, 0.25) is 0 Å². The van der Waals surface area contributed by atoms with Crippen molar-refractivity contribution in [2.45, 2.75) is 157 Å². The zero-order valence-corrected chi connectivity index (χ0v) is 82.8. The summed E-state index contributed by atoms with van der Waals surface area (Å²) in [5, 5.41) is 17.5. The molecule has 20 rings (SSSR count). The summed E-state index contributed by atoms with van der Waals surface area (Å²) in [5.41, 5.74) is 25.2.